The second kappa shape index (κ2) is 7.99. The Morgan fingerprint density at radius 1 is 1.25 bits per heavy atom. The van der Waals surface area contributed by atoms with Crippen LogP contribution in [0.2, 0.25) is 5.02 Å². The van der Waals surface area contributed by atoms with Crippen LogP contribution >= 0.6 is 11.6 Å². The van der Waals surface area contributed by atoms with Crippen LogP contribution < -0.4 is 9.62 Å². The molecule has 8 nitrogen and oxygen atoms in total. The molecule has 0 atom stereocenters. The monoisotopic (exact) mass is 421 g/mol. The Kier molecular flexibility index (Phi) is 5.66. The van der Waals surface area contributed by atoms with Crippen LogP contribution in [0, 0.1) is 10.1 Å². The zero-order valence-electron chi connectivity index (χ0n) is 14.5. The Bertz CT molecular complexity index is 1070. The second-order valence-electron chi connectivity index (χ2n) is 6.04. The number of carbonyl (C=O) groups excluding carboxylic acids is 1. The number of benzene rings is 2. The van der Waals surface area contributed by atoms with Gasteiger partial charge in [-0.1, -0.05) is 23.7 Å². The van der Waals surface area contributed by atoms with Crippen molar-refractivity contribution >= 4 is 50.7 Å². The summed E-state index contributed by atoms with van der Waals surface area (Å²) in [4.78, 5) is 22.7. The molecule has 146 valence electrons. The number of sulfonamides is 1. The quantitative estimate of drug-likeness (QED) is 0.451. The van der Waals surface area contributed by atoms with Crippen molar-refractivity contribution in [3.8, 4) is 0 Å². The van der Waals surface area contributed by atoms with Crippen molar-refractivity contribution in [2.45, 2.75) is 6.42 Å². The molecular weight excluding hydrogens is 406 g/mol. The summed E-state index contributed by atoms with van der Waals surface area (Å²) in [5, 5.41) is 13.8. The Labute approximate surface area is 166 Å². The van der Waals surface area contributed by atoms with Crippen molar-refractivity contribution in [3.05, 3.63) is 69.2 Å². The fourth-order valence-corrected chi connectivity index (χ4v) is 4.55. The summed E-state index contributed by atoms with van der Waals surface area (Å²) < 4.78 is 25.4. The summed E-state index contributed by atoms with van der Waals surface area (Å²) in [6.07, 6.45) is 3.01. The lowest BCUT2D eigenvalue weighted by molar-refractivity contribution is -0.385. The van der Waals surface area contributed by atoms with Gasteiger partial charge in [0.25, 0.3) is 5.69 Å². The van der Waals surface area contributed by atoms with Crippen molar-refractivity contribution < 1.29 is 18.1 Å². The van der Waals surface area contributed by atoms with Gasteiger partial charge in [-0.2, -0.15) is 0 Å². The molecule has 1 N–H and O–H groups in total. The summed E-state index contributed by atoms with van der Waals surface area (Å²) in [6, 6.07) is 10.6. The first-order valence-electron chi connectivity index (χ1n) is 8.30. The summed E-state index contributed by atoms with van der Waals surface area (Å²) in [5.41, 5.74) is 0.829. The molecule has 28 heavy (non-hydrogen) atoms. The number of hydrogen-bond acceptors (Lipinski definition) is 5. The highest BCUT2D eigenvalue weighted by atomic mass is 35.5. The first kappa shape index (κ1) is 19.8. The molecule has 0 bridgehead atoms. The standard InChI is InChI=1S/C18H16ClN3O5S/c19-15-8-7-14(21-10-3-11-28(21,26)27)12-16(15)20-18(23)9-6-13-4-1-2-5-17(13)22(24)25/h1-2,4-9,12H,3,10-11H2,(H,20,23). The number of carbonyl (C=O) groups is 1. The summed E-state index contributed by atoms with van der Waals surface area (Å²) in [6.45, 7) is 0.370. The Hall–Kier alpha value is -2.91. The molecule has 10 heteroatoms. The molecule has 2 aromatic rings. The minimum atomic E-state index is -3.36. The molecule has 1 aliphatic rings. The molecule has 1 fully saturated rings. The first-order chi connectivity index (χ1) is 13.3. The van der Waals surface area contributed by atoms with E-state index in [1.54, 1.807) is 12.1 Å². The fourth-order valence-electron chi connectivity index (χ4n) is 2.83. The first-order valence-corrected chi connectivity index (χ1v) is 10.3. The maximum atomic E-state index is 12.2. The zero-order valence-corrected chi connectivity index (χ0v) is 16.1. The molecule has 1 heterocycles. The lowest BCUT2D eigenvalue weighted by Gasteiger charge is -2.18. The van der Waals surface area contributed by atoms with E-state index < -0.39 is 20.9 Å². The van der Waals surface area contributed by atoms with Gasteiger partial charge in [0.15, 0.2) is 0 Å². The fraction of sp³-hybridized carbons (Fsp3) is 0.167. The number of nitrogens with one attached hydrogen (secondary N) is 1. The van der Waals surface area contributed by atoms with Gasteiger partial charge in [0.2, 0.25) is 15.9 Å². The lowest BCUT2D eigenvalue weighted by Crippen LogP contribution is -2.25. The predicted molar refractivity (Wildman–Crippen MR) is 108 cm³/mol. The number of hydrogen-bond donors (Lipinski definition) is 1. The molecule has 3 rings (SSSR count). The van der Waals surface area contributed by atoms with Crippen LogP contribution in [0.5, 0.6) is 0 Å². The molecule has 0 aliphatic carbocycles. The van der Waals surface area contributed by atoms with Crippen molar-refractivity contribution in [1.82, 2.24) is 0 Å². The normalized spacial score (nSPS) is 15.7. The lowest BCUT2D eigenvalue weighted by atomic mass is 10.1. The van der Waals surface area contributed by atoms with E-state index >= 15 is 0 Å². The van der Waals surface area contributed by atoms with Crippen molar-refractivity contribution in [2.75, 3.05) is 21.9 Å². The molecule has 0 radical (unpaired) electrons. The number of halogens is 1. The van der Waals surface area contributed by atoms with Gasteiger partial charge in [0, 0.05) is 18.7 Å². The summed E-state index contributed by atoms with van der Waals surface area (Å²) in [7, 11) is -3.36. The third-order valence-corrected chi connectivity index (χ3v) is 6.34. The van der Waals surface area contributed by atoms with E-state index in [-0.39, 0.29) is 27.7 Å². The van der Waals surface area contributed by atoms with Crippen LogP contribution in [-0.4, -0.2) is 31.5 Å². The Balaban J connectivity index is 1.79. The molecule has 0 unspecified atom stereocenters. The van der Waals surface area contributed by atoms with Crippen LogP contribution in [0.15, 0.2) is 48.5 Å². The predicted octanol–water partition coefficient (Wildman–Crippen LogP) is 3.44. The number of nitrogens with zero attached hydrogens (tertiary/aromatic N) is 2. The van der Waals surface area contributed by atoms with Crippen LogP contribution in [0.25, 0.3) is 6.08 Å². The highest BCUT2D eigenvalue weighted by molar-refractivity contribution is 7.93. The van der Waals surface area contributed by atoms with Gasteiger partial charge in [-0.3, -0.25) is 19.2 Å². The van der Waals surface area contributed by atoms with Crippen LogP contribution in [-0.2, 0) is 14.8 Å². The molecule has 1 saturated heterocycles. The van der Waals surface area contributed by atoms with Gasteiger partial charge >= 0.3 is 0 Å². The van der Waals surface area contributed by atoms with Crippen molar-refractivity contribution in [3.63, 3.8) is 0 Å². The molecule has 0 aromatic heterocycles. The smallest absolute Gasteiger partial charge is 0.276 e. The van der Waals surface area contributed by atoms with Crippen molar-refractivity contribution in [1.29, 1.82) is 0 Å². The minimum absolute atomic E-state index is 0.0793. The minimum Gasteiger partial charge on any atom is -0.321 e. The van der Waals surface area contributed by atoms with Crippen LogP contribution in [0.3, 0.4) is 0 Å². The average molecular weight is 422 g/mol. The van der Waals surface area contributed by atoms with Crippen molar-refractivity contribution in [2.24, 2.45) is 0 Å². The van der Waals surface area contributed by atoms with Gasteiger partial charge in [0.1, 0.15) is 0 Å². The largest absolute Gasteiger partial charge is 0.321 e. The van der Waals surface area contributed by atoms with E-state index in [2.05, 4.69) is 5.32 Å². The maximum Gasteiger partial charge on any atom is 0.276 e. The molecule has 0 saturated carbocycles. The number of nitro benzene ring substituents is 1. The van der Waals surface area contributed by atoms with Crippen LogP contribution in [0.4, 0.5) is 17.1 Å². The van der Waals surface area contributed by atoms with Gasteiger partial charge < -0.3 is 5.32 Å². The Morgan fingerprint density at radius 2 is 2.00 bits per heavy atom. The van der Waals surface area contributed by atoms with E-state index in [0.717, 1.165) is 6.08 Å². The number of para-hydroxylation sites is 1. The third-order valence-electron chi connectivity index (χ3n) is 4.14. The van der Waals surface area contributed by atoms with E-state index in [1.807, 2.05) is 0 Å². The zero-order chi connectivity index (χ0) is 20.3. The summed E-state index contributed by atoms with van der Waals surface area (Å²) in [5.74, 6) is -0.475. The number of nitro groups is 1. The third kappa shape index (κ3) is 4.32. The molecular formula is C18H16ClN3O5S. The molecule has 1 amide bonds. The average Bonchev–Trinajstić information content (AvgIpc) is 3.01. The van der Waals surface area contributed by atoms with E-state index in [0.29, 0.717) is 18.7 Å². The number of amides is 1. The Morgan fingerprint density at radius 3 is 2.68 bits per heavy atom. The van der Waals surface area contributed by atoms with Gasteiger partial charge in [-0.05, 0) is 36.8 Å². The van der Waals surface area contributed by atoms with E-state index in [4.69, 9.17) is 11.6 Å². The van der Waals surface area contributed by atoms with E-state index in [1.165, 1.54) is 40.7 Å². The topological polar surface area (TPSA) is 110 Å². The van der Waals surface area contributed by atoms with Crippen LogP contribution in [0.1, 0.15) is 12.0 Å². The molecule has 0 spiro atoms. The highest BCUT2D eigenvalue weighted by Gasteiger charge is 2.28. The van der Waals surface area contributed by atoms with Gasteiger partial charge in [-0.25, -0.2) is 8.42 Å². The van der Waals surface area contributed by atoms with E-state index in [9.17, 15) is 23.3 Å². The maximum absolute atomic E-state index is 12.2. The molecule has 2 aromatic carbocycles. The highest BCUT2D eigenvalue weighted by Crippen LogP contribution is 2.31. The van der Waals surface area contributed by atoms with Gasteiger partial charge in [0.05, 0.1) is 32.6 Å². The molecule has 1 aliphatic heterocycles. The number of rotatable bonds is 5. The summed E-state index contributed by atoms with van der Waals surface area (Å²) >= 11 is 6.11. The second-order valence-corrected chi connectivity index (χ2v) is 8.46. The number of anilines is 2. The SMILES string of the molecule is O=C(C=Cc1ccccc1[N+](=O)[O-])Nc1cc(N2CCCS2(=O)=O)ccc1Cl. The van der Waals surface area contributed by atoms with Gasteiger partial charge in [-0.15, -0.1) is 0 Å².